The van der Waals surface area contributed by atoms with Crippen LogP contribution in [0.15, 0.2) is 48.5 Å². The number of amides is 1. The van der Waals surface area contributed by atoms with E-state index in [4.69, 9.17) is 5.73 Å². The maximum Gasteiger partial charge on any atom is 0.221 e. The molecule has 26 heavy (non-hydrogen) atoms. The van der Waals surface area contributed by atoms with E-state index in [1.165, 1.54) is 23.6 Å². The summed E-state index contributed by atoms with van der Waals surface area (Å²) >= 11 is 0. The minimum absolute atomic E-state index is 0.0523. The molecule has 4 heteroatoms. The van der Waals surface area contributed by atoms with Crippen LogP contribution in [0.4, 0.5) is 5.69 Å². The van der Waals surface area contributed by atoms with Gasteiger partial charge in [-0.15, -0.1) is 0 Å². The van der Waals surface area contributed by atoms with E-state index in [2.05, 4.69) is 67.4 Å². The fraction of sp³-hybridized carbons (Fsp3) is 0.409. The van der Waals surface area contributed by atoms with Crippen LogP contribution in [-0.4, -0.2) is 23.9 Å². The largest absolute Gasteiger partial charge is 0.330 e. The van der Waals surface area contributed by atoms with Crippen LogP contribution in [-0.2, 0) is 17.9 Å². The molecule has 0 bridgehead atoms. The second kappa shape index (κ2) is 8.97. The Morgan fingerprint density at radius 3 is 2.31 bits per heavy atom. The molecule has 2 aromatic carbocycles. The van der Waals surface area contributed by atoms with E-state index in [1.807, 2.05) is 12.1 Å². The molecule has 4 nitrogen and oxygen atoms in total. The van der Waals surface area contributed by atoms with E-state index in [0.717, 1.165) is 25.3 Å². The standard InChI is InChI=1S/C22H31N3O/c1-17-6-5-7-20(12-17)14-25(16-22(3,4)15-23)13-19-8-10-21(11-9-19)24-18(2)26/h5-12H,13-16,23H2,1-4H3,(H,24,26). The van der Waals surface area contributed by atoms with Gasteiger partial charge in [0.05, 0.1) is 0 Å². The van der Waals surface area contributed by atoms with Gasteiger partial charge in [-0.25, -0.2) is 0 Å². The molecule has 0 atom stereocenters. The zero-order valence-electron chi connectivity index (χ0n) is 16.4. The first-order valence-electron chi connectivity index (χ1n) is 9.12. The fourth-order valence-electron chi connectivity index (χ4n) is 3.06. The van der Waals surface area contributed by atoms with Crippen molar-refractivity contribution in [3.05, 3.63) is 65.2 Å². The van der Waals surface area contributed by atoms with E-state index in [1.54, 1.807) is 0 Å². The van der Waals surface area contributed by atoms with Gasteiger partial charge in [0.1, 0.15) is 0 Å². The second-order valence-corrected chi connectivity index (χ2v) is 7.88. The number of carbonyl (C=O) groups is 1. The van der Waals surface area contributed by atoms with Gasteiger partial charge in [0.2, 0.25) is 5.91 Å². The van der Waals surface area contributed by atoms with Crippen LogP contribution in [0, 0.1) is 12.3 Å². The summed E-state index contributed by atoms with van der Waals surface area (Å²) in [5.74, 6) is -0.0523. The lowest BCUT2D eigenvalue weighted by Crippen LogP contribution is -2.38. The molecule has 0 heterocycles. The average Bonchev–Trinajstić information content (AvgIpc) is 2.56. The Labute approximate surface area is 157 Å². The lowest BCUT2D eigenvalue weighted by molar-refractivity contribution is -0.114. The number of aryl methyl sites for hydroxylation is 1. The molecule has 0 saturated heterocycles. The van der Waals surface area contributed by atoms with Crippen molar-refractivity contribution < 1.29 is 4.79 Å². The van der Waals surface area contributed by atoms with Crippen LogP contribution in [0.5, 0.6) is 0 Å². The van der Waals surface area contributed by atoms with Gasteiger partial charge in [-0.3, -0.25) is 9.69 Å². The molecule has 0 fully saturated rings. The minimum atomic E-state index is -0.0523. The van der Waals surface area contributed by atoms with Crippen molar-refractivity contribution in [1.82, 2.24) is 4.90 Å². The lowest BCUT2D eigenvalue weighted by Gasteiger charge is -2.32. The molecule has 0 aliphatic rings. The number of hydrogen-bond donors (Lipinski definition) is 2. The van der Waals surface area contributed by atoms with Gasteiger partial charge in [-0.05, 0) is 42.1 Å². The summed E-state index contributed by atoms with van der Waals surface area (Å²) in [4.78, 5) is 13.6. The fourth-order valence-corrected chi connectivity index (χ4v) is 3.06. The van der Waals surface area contributed by atoms with Crippen LogP contribution in [0.1, 0.15) is 37.5 Å². The number of anilines is 1. The summed E-state index contributed by atoms with van der Waals surface area (Å²) < 4.78 is 0. The summed E-state index contributed by atoms with van der Waals surface area (Å²) in [6, 6.07) is 16.7. The van der Waals surface area contributed by atoms with Crippen LogP contribution in [0.25, 0.3) is 0 Å². The highest BCUT2D eigenvalue weighted by molar-refractivity contribution is 5.88. The number of nitrogens with zero attached hydrogens (tertiary/aromatic N) is 1. The first-order valence-corrected chi connectivity index (χ1v) is 9.12. The van der Waals surface area contributed by atoms with Gasteiger partial charge in [0.25, 0.3) is 0 Å². The highest BCUT2D eigenvalue weighted by Gasteiger charge is 2.20. The first-order chi connectivity index (χ1) is 12.3. The molecule has 140 valence electrons. The quantitative estimate of drug-likeness (QED) is 0.756. The molecule has 0 radical (unpaired) electrons. The highest BCUT2D eigenvalue weighted by atomic mass is 16.1. The van der Waals surface area contributed by atoms with E-state index < -0.39 is 0 Å². The maximum absolute atomic E-state index is 11.2. The molecular weight excluding hydrogens is 322 g/mol. The number of benzene rings is 2. The molecule has 0 aliphatic carbocycles. The Morgan fingerprint density at radius 1 is 1.08 bits per heavy atom. The Kier molecular flexibility index (Phi) is 6.95. The Hall–Kier alpha value is -2.17. The van der Waals surface area contributed by atoms with E-state index in [0.29, 0.717) is 6.54 Å². The second-order valence-electron chi connectivity index (χ2n) is 7.88. The molecule has 0 aromatic heterocycles. The van der Waals surface area contributed by atoms with Crippen molar-refractivity contribution >= 4 is 11.6 Å². The summed E-state index contributed by atoms with van der Waals surface area (Å²) in [6.07, 6.45) is 0. The van der Waals surface area contributed by atoms with E-state index >= 15 is 0 Å². The SMILES string of the molecule is CC(=O)Nc1ccc(CN(Cc2cccc(C)c2)CC(C)(C)CN)cc1. The molecule has 2 aromatic rings. The number of hydrogen-bond acceptors (Lipinski definition) is 3. The predicted molar refractivity (Wildman–Crippen MR) is 109 cm³/mol. The van der Waals surface area contributed by atoms with Crippen molar-refractivity contribution in [2.24, 2.45) is 11.1 Å². The monoisotopic (exact) mass is 353 g/mol. The van der Waals surface area contributed by atoms with Crippen molar-refractivity contribution in [2.45, 2.75) is 40.8 Å². The normalized spacial score (nSPS) is 11.6. The Balaban J connectivity index is 2.13. The van der Waals surface area contributed by atoms with Gasteiger partial charge in [-0.2, -0.15) is 0 Å². The molecule has 1 amide bonds. The molecule has 0 saturated carbocycles. The topological polar surface area (TPSA) is 58.4 Å². The van der Waals surface area contributed by atoms with Crippen LogP contribution >= 0.6 is 0 Å². The predicted octanol–water partition coefficient (Wildman–Crippen LogP) is 3.94. The minimum Gasteiger partial charge on any atom is -0.330 e. The van der Waals surface area contributed by atoms with Gasteiger partial charge < -0.3 is 11.1 Å². The molecule has 2 rings (SSSR count). The molecule has 0 unspecified atom stereocenters. The summed E-state index contributed by atoms with van der Waals surface area (Å²) in [5.41, 5.74) is 10.7. The molecule has 0 spiro atoms. The third-order valence-electron chi connectivity index (χ3n) is 4.37. The summed E-state index contributed by atoms with van der Waals surface area (Å²) in [5, 5.41) is 2.81. The lowest BCUT2D eigenvalue weighted by atomic mass is 9.92. The van der Waals surface area contributed by atoms with Crippen molar-refractivity contribution in [3.63, 3.8) is 0 Å². The van der Waals surface area contributed by atoms with E-state index in [-0.39, 0.29) is 11.3 Å². The number of nitrogens with two attached hydrogens (primary N) is 1. The average molecular weight is 354 g/mol. The molecule has 3 N–H and O–H groups in total. The summed E-state index contributed by atoms with van der Waals surface area (Å²) in [7, 11) is 0. The Bertz CT molecular complexity index is 722. The van der Waals surface area contributed by atoms with Crippen LogP contribution in [0.2, 0.25) is 0 Å². The number of carbonyl (C=O) groups excluding carboxylic acids is 1. The van der Waals surface area contributed by atoms with Gasteiger partial charge >= 0.3 is 0 Å². The van der Waals surface area contributed by atoms with Crippen LogP contribution in [0.3, 0.4) is 0 Å². The number of nitrogens with one attached hydrogen (secondary N) is 1. The highest BCUT2D eigenvalue weighted by Crippen LogP contribution is 2.20. The zero-order chi connectivity index (χ0) is 19.2. The first kappa shape index (κ1) is 20.1. The third kappa shape index (κ3) is 6.62. The van der Waals surface area contributed by atoms with Gasteiger partial charge in [-0.1, -0.05) is 55.8 Å². The molecular formula is C22H31N3O. The van der Waals surface area contributed by atoms with Crippen molar-refractivity contribution in [1.29, 1.82) is 0 Å². The van der Waals surface area contributed by atoms with Crippen molar-refractivity contribution in [3.8, 4) is 0 Å². The molecule has 0 aliphatic heterocycles. The van der Waals surface area contributed by atoms with Crippen LogP contribution < -0.4 is 11.1 Å². The number of rotatable bonds is 8. The van der Waals surface area contributed by atoms with Crippen molar-refractivity contribution in [2.75, 3.05) is 18.4 Å². The maximum atomic E-state index is 11.2. The summed E-state index contributed by atoms with van der Waals surface area (Å²) in [6.45, 7) is 11.4. The van der Waals surface area contributed by atoms with E-state index in [9.17, 15) is 4.79 Å². The van der Waals surface area contributed by atoms with Gasteiger partial charge in [0.15, 0.2) is 0 Å². The van der Waals surface area contributed by atoms with Gasteiger partial charge in [0, 0.05) is 32.2 Å². The zero-order valence-corrected chi connectivity index (χ0v) is 16.4. The Morgan fingerprint density at radius 2 is 1.73 bits per heavy atom. The smallest absolute Gasteiger partial charge is 0.221 e. The third-order valence-corrected chi connectivity index (χ3v) is 4.37.